The molecule has 0 unspecified atom stereocenters. The molecule has 0 saturated heterocycles. The van der Waals surface area contributed by atoms with E-state index in [1.165, 1.54) is 10.7 Å². The molecule has 0 radical (unpaired) electrons. The molecule has 0 aromatic carbocycles. The largest absolute Gasteiger partial charge is 0.373 e. The van der Waals surface area contributed by atoms with E-state index in [0.29, 0.717) is 22.9 Å². The Hall–Kier alpha value is -3.69. The molecule has 0 saturated carbocycles. The maximum absolute atomic E-state index is 11.6. The smallest absolute Gasteiger partial charge is 0.254 e. The first-order valence-corrected chi connectivity index (χ1v) is 7.09. The number of carbonyl (C=O) groups is 1. The predicted molar refractivity (Wildman–Crippen MR) is 87.3 cm³/mol. The van der Waals surface area contributed by atoms with Crippen LogP contribution in [0.2, 0.25) is 0 Å². The van der Waals surface area contributed by atoms with Crippen LogP contribution in [0.4, 0.5) is 17.3 Å². The molecule has 4 aromatic rings. The summed E-state index contributed by atoms with van der Waals surface area (Å²) in [6, 6.07) is 5.49. The van der Waals surface area contributed by atoms with Gasteiger partial charge in [0.15, 0.2) is 11.3 Å². The molecule has 120 valence electrons. The van der Waals surface area contributed by atoms with Gasteiger partial charge in [-0.3, -0.25) is 9.20 Å². The van der Waals surface area contributed by atoms with Crippen molar-refractivity contribution in [3.05, 3.63) is 42.5 Å². The number of hydrogen-bond acceptors (Lipinski definition) is 7. The van der Waals surface area contributed by atoms with Crippen molar-refractivity contribution < 1.29 is 4.79 Å². The van der Waals surface area contributed by atoms with Gasteiger partial charge in [0, 0.05) is 19.3 Å². The normalized spacial score (nSPS) is 11.0. The number of rotatable bonds is 4. The van der Waals surface area contributed by atoms with Crippen molar-refractivity contribution in [2.75, 3.05) is 17.7 Å². The molecule has 0 spiro atoms. The van der Waals surface area contributed by atoms with Gasteiger partial charge in [-0.15, -0.1) is 10.2 Å². The van der Waals surface area contributed by atoms with Crippen molar-refractivity contribution in [3.63, 3.8) is 0 Å². The molecule has 1 amide bonds. The van der Waals surface area contributed by atoms with Crippen LogP contribution in [-0.2, 0) is 0 Å². The van der Waals surface area contributed by atoms with Crippen LogP contribution >= 0.6 is 0 Å². The fraction of sp³-hybridized carbons (Fsp3) is 0.0714. The van der Waals surface area contributed by atoms with Gasteiger partial charge in [0.25, 0.3) is 5.91 Å². The maximum Gasteiger partial charge on any atom is 0.254 e. The van der Waals surface area contributed by atoms with Crippen LogP contribution in [0.3, 0.4) is 0 Å². The van der Waals surface area contributed by atoms with E-state index in [9.17, 15) is 4.79 Å². The van der Waals surface area contributed by atoms with Gasteiger partial charge < -0.3 is 16.4 Å². The van der Waals surface area contributed by atoms with Crippen LogP contribution in [0, 0.1) is 0 Å². The van der Waals surface area contributed by atoms with E-state index in [1.54, 1.807) is 23.8 Å². The first-order valence-electron chi connectivity index (χ1n) is 7.09. The summed E-state index contributed by atoms with van der Waals surface area (Å²) >= 11 is 0. The van der Waals surface area contributed by atoms with Crippen molar-refractivity contribution >= 4 is 34.5 Å². The second-order valence-electron chi connectivity index (χ2n) is 5.04. The molecule has 4 rings (SSSR count). The number of primary amides is 1. The number of amides is 1. The lowest BCUT2D eigenvalue weighted by Crippen LogP contribution is -2.12. The molecule has 0 aliphatic carbocycles. The highest BCUT2D eigenvalue weighted by Crippen LogP contribution is 2.23. The molecule has 0 atom stereocenters. The minimum atomic E-state index is -0.587. The molecule has 0 bridgehead atoms. The van der Waals surface area contributed by atoms with Gasteiger partial charge in [0.2, 0.25) is 0 Å². The Bertz CT molecular complexity index is 1060. The average molecular weight is 323 g/mol. The average Bonchev–Trinajstić information content (AvgIpc) is 3.21. The van der Waals surface area contributed by atoms with E-state index in [2.05, 4.69) is 30.9 Å². The zero-order valence-electron chi connectivity index (χ0n) is 12.6. The summed E-state index contributed by atoms with van der Waals surface area (Å²) in [5.41, 5.74) is 7.39. The number of nitrogens with one attached hydrogen (secondary N) is 2. The summed E-state index contributed by atoms with van der Waals surface area (Å²) in [6.07, 6.45) is 4.85. The van der Waals surface area contributed by atoms with E-state index >= 15 is 0 Å². The zero-order chi connectivity index (χ0) is 16.7. The summed E-state index contributed by atoms with van der Waals surface area (Å²) in [4.78, 5) is 16.0. The van der Waals surface area contributed by atoms with E-state index < -0.39 is 5.91 Å². The van der Waals surface area contributed by atoms with E-state index in [1.807, 2.05) is 18.3 Å². The Morgan fingerprint density at radius 3 is 3.00 bits per heavy atom. The predicted octanol–water partition coefficient (Wildman–Crippen LogP) is 0.656. The van der Waals surface area contributed by atoms with Crippen LogP contribution in [0.25, 0.3) is 11.3 Å². The molecule has 24 heavy (non-hydrogen) atoms. The first-order chi connectivity index (χ1) is 11.7. The maximum atomic E-state index is 11.6. The fourth-order valence-corrected chi connectivity index (χ4v) is 2.47. The molecule has 4 aromatic heterocycles. The summed E-state index contributed by atoms with van der Waals surface area (Å²) in [5, 5.41) is 18.3. The monoisotopic (exact) mass is 323 g/mol. The minimum absolute atomic E-state index is 0.246. The van der Waals surface area contributed by atoms with E-state index in [-0.39, 0.29) is 5.56 Å². The second kappa shape index (κ2) is 5.19. The van der Waals surface area contributed by atoms with Crippen LogP contribution in [-0.4, -0.2) is 42.2 Å². The highest BCUT2D eigenvalue weighted by atomic mass is 16.1. The SMILES string of the molecule is CNc1cc(Nc2cccn3cnnc23)nc2c(C(N)=O)cnn12. The van der Waals surface area contributed by atoms with E-state index in [0.717, 1.165) is 5.69 Å². The lowest BCUT2D eigenvalue weighted by molar-refractivity contribution is 0.100. The van der Waals surface area contributed by atoms with Crippen molar-refractivity contribution in [2.45, 2.75) is 0 Å². The Morgan fingerprint density at radius 2 is 2.21 bits per heavy atom. The van der Waals surface area contributed by atoms with Gasteiger partial charge in [0.1, 0.15) is 23.5 Å². The minimum Gasteiger partial charge on any atom is -0.373 e. The van der Waals surface area contributed by atoms with E-state index in [4.69, 9.17) is 5.73 Å². The summed E-state index contributed by atoms with van der Waals surface area (Å²) in [7, 11) is 1.75. The lowest BCUT2D eigenvalue weighted by Gasteiger charge is -2.10. The molecule has 0 aliphatic rings. The first kappa shape index (κ1) is 13.9. The topological polar surface area (TPSA) is 128 Å². The van der Waals surface area contributed by atoms with Gasteiger partial charge in [-0.2, -0.15) is 9.61 Å². The number of nitrogens with two attached hydrogens (primary N) is 1. The number of anilines is 3. The van der Waals surface area contributed by atoms with Crippen LogP contribution < -0.4 is 16.4 Å². The van der Waals surface area contributed by atoms with Gasteiger partial charge in [-0.1, -0.05) is 0 Å². The van der Waals surface area contributed by atoms with Crippen molar-refractivity contribution in [3.8, 4) is 0 Å². The van der Waals surface area contributed by atoms with Crippen LogP contribution in [0.1, 0.15) is 10.4 Å². The zero-order valence-corrected chi connectivity index (χ0v) is 12.6. The standard InChI is InChI=1S/C14H13N9O/c1-16-11-5-10(20-13-8(12(15)24)6-18-23(11)13)19-9-3-2-4-22-7-17-21-14(9)22/h2-7,16H,1H3,(H2,15,24)(H,19,20). The molecular formula is C14H13N9O. The van der Waals surface area contributed by atoms with Crippen molar-refractivity contribution in [2.24, 2.45) is 5.73 Å². The highest BCUT2D eigenvalue weighted by Gasteiger charge is 2.15. The molecular weight excluding hydrogens is 310 g/mol. The number of carbonyl (C=O) groups excluding carboxylic acids is 1. The van der Waals surface area contributed by atoms with Gasteiger partial charge >= 0.3 is 0 Å². The lowest BCUT2D eigenvalue weighted by atomic mass is 10.3. The summed E-state index contributed by atoms with van der Waals surface area (Å²) in [5.74, 6) is 0.589. The number of fused-ring (bicyclic) bond motifs is 2. The van der Waals surface area contributed by atoms with Crippen LogP contribution in [0.5, 0.6) is 0 Å². The quantitative estimate of drug-likeness (QED) is 0.503. The fourth-order valence-electron chi connectivity index (χ4n) is 2.47. The van der Waals surface area contributed by atoms with Crippen molar-refractivity contribution in [1.82, 2.24) is 29.2 Å². The highest BCUT2D eigenvalue weighted by molar-refractivity contribution is 5.99. The Balaban J connectivity index is 1.86. The number of nitrogens with zero attached hydrogens (tertiary/aromatic N) is 6. The number of pyridine rings is 1. The Kier molecular flexibility index (Phi) is 3.02. The third kappa shape index (κ3) is 2.08. The molecule has 10 heteroatoms. The summed E-state index contributed by atoms with van der Waals surface area (Å²) < 4.78 is 3.30. The number of aromatic nitrogens is 6. The molecule has 0 aliphatic heterocycles. The molecule has 0 fully saturated rings. The van der Waals surface area contributed by atoms with Gasteiger partial charge in [-0.25, -0.2) is 4.98 Å². The Morgan fingerprint density at radius 1 is 1.33 bits per heavy atom. The molecule has 4 heterocycles. The number of hydrogen-bond donors (Lipinski definition) is 3. The third-order valence-electron chi connectivity index (χ3n) is 3.58. The van der Waals surface area contributed by atoms with Gasteiger partial charge in [0.05, 0.1) is 11.9 Å². The molecule has 10 nitrogen and oxygen atoms in total. The second-order valence-corrected chi connectivity index (χ2v) is 5.04. The van der Waals surface area contributed by atoms with Crippen molar-refractivity contribution in [1.29, 1.82) is 0 Å². The summed E-state index contributed by atoms with van der Waals surface area (Å²) in [6.45, 7) is 0. The molecule has 4 N–H and O–H groups in total. The van der Waals surface area contributed by atoms with Crippen LogP contribution in [0.15, 0.2) is 36.9 Å². The Labute approximate surface area is 135 Å². The third-order valence-corrected chi connectivity index (χ3v) is 3.58. The van der Waals surface area contributed by atoms with Gasteiger partial charge in [-0.05, 0) is 12.1 Å².